The molecule has 0 radical (unpaired) electrons. The molecular weight excluding hydrogens is 240 g/mol. The first kappa shape index (κ1) is 15.1. The van der Waals surface area contributed by atoms with Crippen molar-refractivity contribution in [3.05, 3.63) is 36.0 Å². The minimum Gasteiger partial charge on any atom is -0.496 e. The lowest BCUT2D eigenvalue weighted by atomic mass is 10.2. The van der Waals surface area contributed by atoms with Crippen molar-refractivity contribution in [2.45, 2.75) is 26.2 Å². The maximum absolute atomic E-state index is 11.4. The summed E-state index contributed by atoms with van der Waals surface area (Å²) in [5.74, 6) is 0.781. The standard InChI is InChI=1S/C15H22N2O2/c1-3-4-7-11-16-15(18)17-12-10-13-8-5-6-9-14(13)19-2/h5-6,8-10,12H,3-4,7,11H2,1-2H3,(H2,16,17,18)/b12-10+. The van der Waals surface area contributed by atoms with E-state index in [0.717, 1.165) is 30.6 Å². The van der Waals surface area contributed by atoms with E-state index in [0.29, 0.717) is 6.54 Å². The van der Waals surface area contributed by atoms with Crippen LogP contribution >= 0.6 is 0 Å². The summed E-state index contributed by atoms with van der Waals surface area (Å²) in [6, 6.07) is 7.46. The van der Waals surface area contributed by atoms with Gasteiger partial charge in [-0.05, 0) is 18.6 Å². The Hall–Kier alpha value is -1.97. The number of carbonyl (C=O) groups is 1. The summed E-state index contributed by atoms with van der Waals surface area (Å²) < 4.78 is 5.22. The van der Waals surface area contributed by atoms with E-state index in [4.69, 9.17) is 4.74 Å². The molecule has 4 nitrogen and oxygen atoms in total. The van der Waals surface area contributed by atoms with Gasteiger partial charge in [-0.15, -0.1) is 0 Å². The van der Waals surface area contributed by atoms with Gasteiger partial charge < -0.3 is 15.4 Å². The van der Waals surface area contributed by atoms with Gasteiger partial charge in [0.25, 0.3) is 0 Å². The molecule has 0 aliphatic rings. The number of rotatable bonds is 7. The van der Waals surface area contributed by atoms with Crippen molar-refractivity contribution in [1.29, 1.82) is 0 Å². The number of para-hydroxylation sites is 1. The molecule has 4 heteroatoms. The topological polar surface area (TPSA) is 50.4 Å². The lowest BCUT2D eigenvalue weighted by molar-refractivity contribution is 0.244. The first-order chi connectivity index (χ1) is 9.27. The smallest absolute Gasteiger partial charge is 0.318 e. The van der Waals surface area contributed by atoms with E-state index in [1.165, 1.54) is 0 Å². The molecule has 1 rings (SSSR count). The average Bonchev–Trinajstić information content (AvgIpc) is 2.44. The number of hydrogen-bond donors (Lipinski definition) is 2. The van der Waals surface area contributed by atoms with Crippen LogP contribution in [0.4, 0.5) is 4.79 Å². The van der Waals surface area contributed by atoms with Gasteiger partial charge in [0.05, 0.1) is 7.11 Å². The molecule has 0 aromatic heterocycles. The van der Waals surface area contributed by atoms with Crippen LogP contribution in [0.1, 0.15) is 31.7 Å². The van der Waals surface area contributed by atoms with Gasteiger partial charge in [0.1, 0.15) is 5.75 Å². The Kier molecular flexibility index (Phi) is 7.17. The highest BCUT2D eigenvalue weighted by molar-refractivity contribution is 5.76. The van der Waals surface area contributed by atoms with Crippen molar-refractivity contribution in [1.82, 2.24) is 10.6 Å². The van der Waals surface area contributed by atoms with Crippen molar-refractivity contribution < 1.29 is 9.53 Å². The SMILES string of the molecule is CCCCCNC(=O)N/C=C/c1ccccc1OC. The highest BCUT2D eigenvalue weighted by atomic mass is 16.5. The summed E-state index contributed by atoms with van der Waals surface area (Å²) in [6.07, 6.45) is 6.73. The molecule has 0 heterocycles. The fraction of sp³-hybridized carbons (Fsp3) is 0.400. The maximum Gasteiger partial charge on any atom is 0.318 e. The number of unbranched alkanes of at least 4 members (excludes halogenated alkanes) is 2. The number of urea groups is 1. The predicted octanol–water partition coefficient (Wildman–Crippen LogP) is 3.16. The van der Waals surface area contributed by atoms with Crippen molar-refractivity contribution in [3.63, 3.8) is 0 Å². The molecule has 1 aromatic carbocycles. The average molecular weight is 262 g/mol. The first-order valence-electron chi connectivity index (χ1n) is 6.62. The molecule has 0 spiro atoms. The highest BCUT2D eigenvalue weighted by Gasteiger charge is 1.98. The molecule has 104 valence electrons. The third-order valence-corrected chi connectivity index (χ3v) is 2.68. The molecule has 0 bridgehead atoms. The molecule has 2 amide bonds. The fourth-order valence-corrected chi connectivity index (χ4v) is 1.64. The number of methoxy groups -OCH3 is 1. The van der Waals surface area contributed by atoms with E-state index in [1.807, 2.05) is 30.3 Å². The second-order valence-corrected chi connectivity index (χ2v) is 4.18. The summed E-state index contributed by atoms with van der Waals surface area (Å²) in [5.41, 5.74) is 0.927. The molecular formula is C15H22N2O2. The summed E-state index contributed by atoms with van der Waals surface area (Å²) >= 11 is 0. The molecule has 0 aliphatic heterocycles. The van der Waals surface area contributed by atoms with Gasteiger partial charge in [-0.25, -0.2) is 4.79 Å². The number of amides is 2. The molecule has 0 atom stereocenters. The van der Waals surface area contributed by atoms with Crippen LogP contribution in [0.25, 0.3) is 6.08 Å². The van der Waals surface area contributed by atoms with Crippen molar-refractivity contribution in [3.8, 4) is 5.75 Å². The molecule has 0 fully saturated rings. The van der Waals surface area contributed by atoms with Gasteiger partial charge >= 0.3 is 6.03 Å². The van der Waals surface area contributed by atoms with Crippen LogP contribution in [-0.2, 0) is 0 Å². The Morgan fingerprint density at radius 1 is 1.32 bits per heavy atom. The van der Waals surface area contributed by atoms with Gasteiger partial charge in [0.2, 0.25) is 0 Å². The number of hydrogen-bond acceptors (Lipinski definition) is 2. The molecule has 1 aromatic rings. The van der Waals surface area contributed by atoms with E-state index in [-0.39, 0.29) is 6.03 Å². The third kappa shape index (κ3) is 5.95. The Morgan fingerprint density at radius 2 is 2.11 bits per heavy atom. The van der Waals surface area contributed by atoms with E-state index in [2.05, 4.69) is 17.6 Å². The Morgan fingerprint density at radius 3 is 2.84 bits per heavy atom. The summed E-state index contributed by atoms with van der Waals surface area (Å²) in [4.78, 5) is 11.4. The van der Waals surface area contributed by atoms with Crippen LogP contribution in [0.5, 0.6) is 5.75 Å². The van der Waals surface area contributed by atoms with Crippen molar-refractivity contribution >= 4 is 12.1 Å². The lowest BCUT2D eigenvalue weighted by Gasteiger charge is -2.05. The van der Waals surface area contributed by atoms with Gasteiger partial charge in [0.15, 0.2) is 0 Å². The predicted molar refractivity (Wildman–Crippen MR) is 78.1 cm³/mol. The first-order valence-corrected chi connectivity index (χ1v) is 6.62. The zero-order valence-electron chi connectivity index (χ0n) is 11.6. The molecule has 0 aliphatic carbocycles. The number of benzene rings is 1. The van der Waals surface area contributed by atoms with Gasteiger partial charge in [-0.1, -0.05) is 38.0 Å². The van der Waals surface area contributed by atoms with Crippen LogP contribution in [0.3, 0.4) is 0 Å². The number of carbonyl (C=O) groups excluding carboxylic acids is 1. The highest BCUT2D eigenvalue weighted by Crippen LogP contribution is 2.18. The van der Waals surface area contributed by atoms with Gasteiger partial charge in [0, 0.05) is 18.3 Å². The quantitative estimate of drug-likeness (QED) is 0.742. The monoisotopic (exact) mass is 262 g/mol. The van der Waals surface area contributed by atoms with E-state index in [1.54, 1.807) is 13.3 Å². The lowest BCUT2D eigenvalue weighted by Crippen LogP contribution is -2.32. The van der Waals surface area contributed by atoms with Crippen LogP contribution < -0.4 is 15.4 Å². The van der Waals surface area contributed by atoms with E-state index in [9.17, 15) is 4.79 Å². The van der Waals surface area contributed by atoms with Crippen LogP contribution in [-0.4, -0.2) is 19.7 Å². The van der Waals surface area contributed by atoms with E-state index >= 15 is 0 Å². The van der Waals surface area contributed by atoms with Crippen LogP contribution in [0.15, 0.2) is 30.5 Å². The zero-order valence-corrected chi connectivity index (χ0v) is 11.6. The number of ether oxygens (including phenoxy) is 1. The molecule has 19 heavy (non-hydrogen) atoms. The van der Waals surface area contributed by atoms with Gasteiger partial charge in [-0.2, -0.15) is 0 Å². The maximum atomic E-state index is 11.4. The zero-order chi connectivity index (χ0) is 13.9. The molecule has 0 saturated heterocycles. The summed E-state index contributed by atoms with van der Waals surface area (Å²) in [7, 11) is 1.63. The van der Waals surface area contributed by atoms with Crippen molar-refractivity contribution in [2.24, 2.45) is 0 Å². The fourth-order valence-electron chi connectivity index (χ4n) is 1.64. The molecule has 0 unspecified atom stereocenters. The van der Waals surface area contributed by atoms with Gasteiger partial charge in [-0.3, -0.25) is 0 Å². The minimum atomic E-state index is -0.178. The largest absolute Gasteiger partial charge is 0.496 e. The second kappa shape index (κ2) is 9.03. The number of nitrogens with one attached hydrogen (secondary N) is 2. The molecule has 2 N–H and O–H groups in total. The van der Waals surface area contributed by atoms with E-state index < -0.39 is 0 Å². The molecule has 0 saturated carbocycles. The minimum absolute atomic E-state index is 0.178. The van der Waals surface area contributed by atoms with Crippen molar-refractivity contribution in [2.75, 3.05) is 13.7 Å². The summed E-state index contributed by atoms with van der Waals surface area (Å²) in [6.45, 7) is 2.85. The van der Waals surface area contributed by atoms with Crippen LogP contribution in [0, 0.1) is 0 Å². The third-order valence-electron chi connectivity index (χ3n) is 2.68. The second-order valence-electron chi connectivity index (χ2n) is 4.18. The summed E-state index contributed by atoms with van der Waals surface area (Å²) in [5, 5.41) is 5.47. The normalized spacial score (nSPS) is 10.4. The Labute approximate surface area is 114 Å². The Bertz CT molecular complexity index is 416. The Balaban J connectivity index is 2.34. The van der Waals surface area contributed by atoms with Crippen LogP contribution in [0.2, 0.25) is 0 Å².